The Hall–Kier alpha value is -1.98. The van der Waals surface area contributed by atoms with Gasteiger partial charge in [0.25, 0.3) is 0 Å². The molecule has 1 aromatic carbocycles. The highest BCUT2D eigenvalue weighted by molar-refractivity contribution is 7.17. The predicted molar refractivity (Wildman–Crippen MR) is 76.6 cm³/mol. The molecule has 0 aliphatic rings. The van der Waals surface area contributed by atoms with Gasteiger partial charge in [-0.25, -0.2) is 4.98 Å². The minimum Gasteiger partial charge on any atom is -0.278 e. The summed E-state index contributed by atoms with van der Waals surface area (Å²) >= 11 is 7.71. The Kier molecular flexibility index (Phi) is 2.30. The van der Waals surface area contributed by atoms with Crippen LogP contribution in [0.25, 0.3) is 27.1 Å². The summed E-state index contributed by atoms with van der Waals surface area (Å²) in [6.07, 6.45) is 3.47. The lowest BCUT2D eigenvalue weighted by molar-refractivity contribution is 1.11. The van der Waals surface area contributed by atoms with Gasteiger partial charge in [-0.3, -0.25) is 4.40 Å². The van der Waals surface area contributed by atoms with Crippen molar-refractivity contribution in [1.29, 1.82) is 0 Å². The van der Waals surface area contributed by atoms with E-state index in [1.165, 1.54) is 10.1 Å². The van der Waals surface area contributed by atoms with E-state index in [1.54, 1.807) is 17.5 Å². The van der Waals surface area contributed by atoms with E-state index in [0.717, 1.165) is 11.4 Å². The molecule has 0 radical (unpaired) electrons. The lowest BCUT2D eigenvalue weighted by atomic mass is 10.2. The third-order valence-corrected chi connectivity index (χ3v) is 4.24. The van der Waals surface area contributed by atoms with E-state index in [2.05, 4.69) is 32.7 Å². The van der Waals surface area contributed by atoms with E-state index < -0.39 is 0 Å². The first-order valence-corrected chi connectivity index (χ1v) is 6.92. The fourth-order valence-electron chi connectivity index (χ4n) is 2.13. The molecule has 19 heavy (non-hydrogen) atoms. The van der Waals surface area contributed by atoms with Crippen molar-refractivity contribution in [2.24, 2.45) is 0 Å². The maximum absolute atomic E-state index is 6.02. The molecule has 0 spiro atoms. The van der Waals surface area contributed by atoms with E-state index in [-0.39, 0.29) is 0 Å². The van der Waals surface area contributed by atoms with Gasteiger partial charge in [0.05, 0.1) is 0 Å². The molecular formula is C13H7ClN4S. The van der Waals surface area contributed by atoms with Crippen molar-refractivity contribution in [2.75, 3.05) is 0 Å². The van der Waals surface area contributed by atoms with Crippen LogP contribution in [-0.4, -0.2) is 19.6 Å². The second-order valence-corrected chi connectivity index (χ2v) is 5.35. The van der Waals surface area contributed by atoms with Crippen molar-refractivity contribution in [3.8, 4) is 11.4 Å². The van der Waals surface area contributed by atoms with E-state index >= 15 is 0 Å². The van der Waals surface area contributed by atoms with Crippen LogP contribution < -0.4 is 0 Å². The molecule has 0 unspecified atom stereocenters. The SMILES string of the molecule is Clc1nccn2c(-c3csc4ccccc34)nnc12. The van der Waals surface area contributed by atoms with Gasteiger partial charge in [-0.1, -0.05) is 29.8 Å². The van der Waals surface area contributed by atoms with Gasteiger partial charge in [0, 0.05) is 33.4 Å². The molecule has 0 saturated heterocycles. The Morgan fingerprint density at radius 2 is 2.05 bits per heavy atom. The zero-order valence-electron chi connectivity index (χ0n) is 9.62. The monoisotopic (exact) mass is 286 g/mol. The number of thiophene rings is 1. The summed E-state index contributed by atoms with van der Waals surface area (Å²) in [4.78, 5) is 4.01. The Morgan fingerprint density at radius 3 is 3.00 bits per heavy atom. The molecule has 6 heteroatoms. The molecule has 0 saturated carbocycles. The average Bonchev–Trinajstić information content (AvgIpc) is 3.02. The van der Waals surface area contributed by atoms with Crippen LogP contribution >= 0.6 is 22.9 Å². The van der Waals surface area contributed by atoms with Crippen molar-refractivity contribution >= 4 is 38.7 Å². The third kappa shape index (κ3) is 1.55. The first-order valence-electron chi connectivity index (χ1n) is 5.66. The zero-order valence-corrected chi connectivity index (χ0v) is 11.2. The summed E-state index contributed by atoms with van der Waals surface area (Å²) in [5.41, 5.74) is 1.64. The molecule has 0 bridgehead atoms. The van der Waals surface area contributed by atoms with Crippen LogP contribution in [0.3, 0.4) is 0 Å². The predicted octanol–water partition coefficient (Wildman–Crippen LogP) is 3.66. The molecule has 0 fully saturated rings. The highest BCUT2D eigenvalue weighted by Crippen LogP contribution is 2.33. The normalized spacial score (nSPS) is 11.4. The molecule has 0 N–H and O–H groups in total. The molecule has 0 aliphatic carbocycles. The number of rotatable bonds is 1. The Labute approximate surface area is 117 Å². The van der Waals surface area contributed by atoms with Gasteiger partial charge in [0.2, 0.25) is 0 Å². The molecule has 4 aromatic rings. The van der Waals surface area contributed by atoms with E-state index in [1.807, 2.05) is 22.7 Å². The van der Waals surface area contributed by atoms with Crippen LogP contribution in [0.15, 0.2) is 42.0 Å². The van der Waals surface area contributed by atoms with Crippen molar-refractivity contribution in [3.63, 3.8) is 0 Å². The second-order valence-electron chi connectivity index (χ2n) is 4.08. The lowest BCUT2D eigenvalue weighted by Gasteiger charge is -1.98. The molecule has 0 amide bonds. The first-order chi connectivity index (χ1) is 9.34. The molecule has 92 valence electrons. The zero-order chi connectivity index (χ0) is 12.8. The highest BCUT2D eigenvalue weighted by Gasteiger charge is 2.14. The standard InChI is InChI=1S/C13H7ClN4S/c14-11-13-17-16-12(18(13)6-5-15-11)9-7-19-10-4-2-1-3-8(9)10/h1-7H. The van der Waals surface area contributed by atoms with Crippen LogP contribution in [0, 0.1) is 0 Å². The van der Waals surface area contributed by atoms with Gasteiger partial charge in [-0.15, -0.1) is 21.5 Å². The minimum atomic E-state index is 0.362. The Balaban J connectivity index is 2.07. The number of halogens is 1. The topological polar surface area (TPSA) is 43.1 Å². The Morgan fingerprint density at radius 1 is 1.16 bits per heavy atom. The van der Waals surface area contributed by atoms with E-state index in [0.29, 0.717) is 10.8 Å². The second kappa shape index (κ2) is 4.01. The van der Waals surface area contributed by atoms with Gasteiger partial charge < -0.3 is 0 Å². The summed E-state index contributed by atoms with van der Waals surface area (Å²) in [7, 11) is 0. The number of hydrogen-bond donors (Lipinski definition) is 0. The number of benzene rings is 1. The van der Waals surface area contributed by atoms with Gasteiger partial charge in [-0.2, -0.15) is 0 Å². The lowest BCUT2D eigenvalue weighted by Crippen LogP contribution is -1.90. The number of hydrogen-bond acceptors (Lipinski definition) is 4. The molecule has 3 heterocycles. The molecular weight excluding hydrogens is 280 g/mol. The molecule has 0 atom stereocenters. The first kappa shape index (κ1) is 10.9. The van der Waals surface area contributed by atoms with E-state index in [9.17, 15) is 0 Å². The summed E-state index contributed by atoms with van der Waals surface area (Å²) < 4.78 is 3.10. The fourth-order valence-corrected chi connectivity index (χ4v) is 3.26. The molecule has 0 aliphatic heterocycles. The van der Waals surface area contributed by atoms with Crippen LogP contribution in [-0.2, 0) is 0 Å². The Bertz CT molecular complexity index is 896. The van der Waals surface area contributed by atoms with Gasteiger partial charge in [-0.05, 0) is 6.07 Å². The van der Waals surface area contributed by atoms with Crippen molar-refractivity contribution in [1.82, 2.24) is 19.6 Å². The van der Waals surface area contributed by atoms with Gasteiger partial charge in [0.1, 0.15) is 0 Å². The molecule has 4 nitrogen and oxygen atoms in total. The number of nitrogens with zero attached hydrogens (tertiary/aromatic N) is 4. The van der Waals surface area contributed by atoms with Crippen molar-refractivity contribution < 1.29 is 0 Å². The van der Waals surface area contributed by atoms with E-state index in [4.69, 9.17) is 11.6 Å². The maximum Gasteiger partial charge on any atom is 0.198 e. The minimum absolute atomic E-state index is 0.362. The number of fused-ring (bicyclic) bond motifs is 2. The fraction of sp³-hybridized carbons (Fsp3) is 0. The van der Waals surface area contributed by atoms with Crippen LogP contribution in [0.5, 0.6) is 0 Å². The van der Waals surface area contributed by atoms with Crippen molar-refractivity contribution in [3.05, 3.63) is 47.2 Å². The summed E-state index contributed by atoms with van der Waals surface area (Å²) in [5.74, 6) is 0.789. The molecule has 3 aromatic heterocycles. The maximum atomic E-state index is 6.02. The smallest absolute Gasteiger partial charge is 0.198 e. The average molecular weight is 287 g/mol. The highest BCUT2D eigenvalue weighted by atomic mass is 35.5. The largest absolute Gasteiger partial charge is 0.278 e. The van der Waals surface area contributed by atoms with Crippen LogP contribution in [0.4, 0.5) is 0 Å². The molecule has 4 rings (SSSR count). The van der Waals surface area contributed by atoms with Crippen LogP contribution in [0.1, 0.15) is 0 Å². The van der Waals surface area contributed by atoms with Gasteiger partial charge in [0.15, 0.2) is 16.6 Å². The summed E-state index contributed by atoms with van der Waals surface area (Å²) in [6, 6.07) is 8.24. The van der Waals surface area contributed by atoms with Crippen LogP contribution in [0.2, 0.25) is 5.15 Å². The van der Waals surface area contributed by atoms with Crippen molar-refractivity contribution in [2.45, 2.75) is 0 Å². The summed E-state index contributed by atoms with van der Waals surface area (Å²) in [6.45, 7) is 0. The number of aromatic nitrogens is 4. The van der Waals surface area contributed by atoms with Gasteiger partial charge >= 0.3 is 0 Å². The quantitative estimate of drug-likeness (QED) is 0.536. The third-order valence-electron chi connectivity index (χ3n) is 3.01. The summed E-state index contributed by atoms with van der Waals surface area (Å²) in [5, 5.41) is 12.0.